The smallest absolute Gasteiger partial charge is 0.142 e. The molecule has 1 aromatic rings. The van der Waals surface area contributed by atoms with Crippen molar-refractivity contribution in [1.82, 2.24) is 9.97 Å². The van der Waals surface area contributed by atoms with Gasteiger partial charge in [-0.15, -0.1) is 0 Å². The molecule has 0 unspecified atom stereocenters. The molecule has 2 N–H and O–H groups in total. The predicted molar refractivity (Wildman–Crippen MR) is 73.3 cm³/mol. The monoisotopic (exact) mass is 335 g/mol. The minimum Gasteiger partial charge on any atom is -0.396 e. The molecule has 16 heavy (non-hydrogen) atoms. The van der Waals surface area contributed by atoms with E-state index < -0.39 is 0 Å². The molecule has 0 bridgehead atoms. The summed E-state index contributed by atoms with van der Waals surface area (Å²) in [6, 6.07) is 0. The van der Waals surface area contributed by atoms with Gasteiger partial charge in [0, 0.05) is 19.3 Å². The lowest BCUT2D eigenvalue weighted by Gasteiger charge is -2.25. The van der Waals surface area contributed by atoms with Gasteiger partial charge in [0.1, 0.15) is 12.1 Å². The van der Waals surface area contributed by atoms with Crippen LogP contribution in [-0.2, 0) is 0 Å². The topological polar surface area (TPSA) is 58.0 Å². The molecule has 0 saturated heterocycles. The Hall–Kier alpha value is -0.430. The predicted octanol–water partition coefficient (Wildman–Crippen LogP) is 2.29. The summed E-state index contributed by atoms with van der Waals surface area (Å²) in [6.07, 6.45) is 5.18. The van der Waals surface area contributed by atoms with Gasteiger partial charge >= 0.3 is 0 Å². The van der Waals surface area contributed by atoms with Crippen LogP contribution in [0.3, 0.4) is 0 Å². The highest BCUT2D eigenvalue weighted by Gasteiger charge is 2.17. The highest BCUT2D eigenvalue weighted by Crippen LogP contribution is 2.23. The molecule has 0 aliphatic heterocycles. The van der Waals surface area contributed by atoms with Crippen LogP contribution in [0.15, 0.2) is 12.5 Å². The van der Waals surface area contributed by atoms with Gasteiger partial charge < -0.3 is 10.4 Å². The number of hydrogen-bond acceptors (Lipinski definition) is 4. The Balaban J connectivity index is 2.47. The minimum absolute atomic E-state index is 0.163. The normalized spacial score (nSPS) is 11.5. The lowest BCUT2D eigenvalue weighted by atomic mass is 9.88. The Labute approximate surface area is 110 Å². The second-order valence-corrected chi connectivity index (χ2v) is 5.73. The molecule has 90 valence electrons. The van der Waals surface area contributed by atoms with Gasteiger partial charge in [-0.05, 0) is 40.8 Å². The Kier molecular flexibility index (Phi) is 5.40. The molecule has 5 heteroatoms. The first-order valence-electron chi connectivity index (χ1n) is 5.35. The molecular weight excluding hydrogens is 317 g/mol. The summed E-state index contributed by atoms with van der Waals surface area (Å²) in [5.41, 5.74) is 0.163. The van der Waals surface area contributed by atoms with E-state index in [1.807, 2.05) is 0 Å². The maximum atomic E-state index is 8.82. The number of aliphatic hydroxyl groups excluding tert-OH is 1. The second-order valence-electron chi connectivity index (χ2n) is 4.56. The van der Waals surface area contributed by atoms with E-state index in [4.69, 9.17) is 5.11 Å². The number of nitrogens with one attached hydrogen (secondary N) is 1. The molecule has 0 aliphatic rings. The van der Waals surface area contributed by atoms with Crippen molar-refractivity contribution in [2.75, 3.05) is 18.5 Å². The summed E-state index contributed by atoms with van der Waals surface area (Å²) in [4.78, 5) is 8.13. The van der Waals surface area contributed by atoms with Crippen molar-refractivity contribution >= 4 is 28.4 Å². The van der Waals surface area contributed by atoms with Gasteiger partial charge in [-0.25, -0.2) is 9.97 Å². The average Bonchev–Trinajstić information content (AvgIpc) is 2.26. The van der Waals surface area contributed by atoms with Crippen molar-refractivity contribution in [2.24, 2.45) is 5.41 Å². The van der Waals surface area contributed by atoms with Crippen LogP contribution in [0.2, 0.25) is 0 Å². The van der Waals surface area contributed by atoms with Crippen LogP contribution in [0.5, 0.6) is 0 Å². The van der Waals surface area contributed by atoms with Gasteiger partial charge in [0.15, 0.2) is 0 Å². The van der Waals surface area contributed by atoms with E-state index in [0.29, 0.717) is 0 Å². The van der Waals surface area contributed by atoms with E-state index in [9.17, 15) is 0 Å². The zero-order valence-electron chi connectivity index (χ0n) is 9.70. The van der Waals surface area contributed by atoms with E-state index in [1.54, 1.807) is 12.5 Å². The van der Waals surface area contributed by atoms with Crippen LogP contribution in [0.25, 0.3) is 0 Å². The molecule has 0 amide bonds. The van der Waals surface area contributed by atoms with Crippen molar-refractivity contribution in [3.05, 3.63) is 16.1 Å². The number of hydrogen-bond donors (Lipinski definition) is 2. The quantitative estimate of drug-likeness (QED) is 0.784. The Bertz CT molecular complexity index is 331. The fourth-order valence-electron chi connectivity index (χ4n) is 1.41. The fourth-order valence-corrected chi connectivity index (χ4v) is 1.90. The van der Waals surface area contributed by atoms with Crippen LogP contribution < -0.4 is 5.32 Å². The molecule has 0 spiro atoms. The standard InChI is InChI=1S/C11H18IN3O/c1-11(2,4-3-5-16)7-14-10-9(12)6-13-8-15-10/h6,8,16H,3-5,7H2,1-2H3,(H,13,14,15). The van der Waals surface area contributed by atoms with Crippen molar-refractivity contribution in [3.63, 3.8) is 0 Å². The van der Waals surface area contributed by atoms with Crippen LogP contribution in [-0.4, -0.2) is 28.2 Å². The average molecular weight is 335 g/mol. The summed E-state index contributed by atoms with van der Waals surface area (Å²) < 4.78 is 1.03. The van der Waals surface area contributed by atoms with E-state index in [2.05, 4.69) is 51.7 Å². The minimum atomic E-state index is 0.163. The number of aromatic nitrogens is 2. The molecule has 4 nitrogen and oxygen atoms in total. The van der Waals surface area contributed by atoms with Gasteiger partial charge in [-0.3, -0.25) is 0 Å². The van der Waals surface area contributed by atoms with Crippen molar-refractivity contribution in [1.29, 1.82) is 0 Å². The highest BCUT2D eigenvalue weighted by molar-refractivity contribution is 14.1. The largest absolute Gasteiger partial charge is 0.396 e. The molecule has 0 radical (unpaired) electrons. The molecule has 0 aliphatic carbocycles. The first-order valence-corrected chi connectivity index (χ1v) is 6.43. The lowest BCUT2D eigenvalue weighted by molar-refractivity contribution is 0.248. The summed E-state index contributed by atoms with van der Waals surface area (Å²) in [5.74, 6) is 0.882. The van der Waals surface area contributed by atoms with E-state index in [0.717, 1.165) is 28.8 Å². The third-order valence-corrected chi connectivity index (χ3v) is 3.20. The van der Waals surface area contributed by atoms with Crippen molar-refractivity contribution in [3.8, 4) is 0 Å². The molecule has 1 rings (SSSR count). The fraction of sp³-hybridized carbons (Fsp3) is 0.636. The molecule has 1 heterocycles. The van der Waals surface area contributed by atoms with Crippen LogP contribution in [0.4, 0.5) is 5.82 Å². The number of aliphatic hydroxyl groups is 1. The Morgan fingerprint density at radius 3 is 2.88 bits per heavy atom. The Morgan fingerprint density at radius 1 is 1.50 bits per heavy atom. The Morgan fingerprint density at radius 2 is 2.25 bits per heavy atom. The number of rotatable bonds is 6. The maximum Gasteiger partial charge on any atom is 0.142 e. The summed E-state index contributed by atoms with van der Waals surface area (Å²) >= 11 is 2.21. The second kappa shape index (κ2) is 6.34. The number of halogens is 1. The molecular formula is C11H18IN3O. The first-order chi connectivity index (χ1) is 7.55. The maximum absolute atomic E-state index is 8.82. The lowest BCUT2D eigenvalue weighted by Crippen LogP contribution is -2.24. The van der Waals surface area contributed by atoms with E-state index in [1.165, 1.54) is 0 Å². The van der Waals surface area contributed by atoms with E-state index >= 15 is 0 Å². The van der Waals surface area contributed by atoms with Crippen molar-refractivity contribution in [2.45, 2.75) is 26.7 Å². The molecule has 0 saturated carbocycles. The summed E-state index contributed by atoms with van der Waals surface area (Å²) in [6.45, 7) is 5.47. The summed E-state index contributed by atoms with van der Waals surface area (Å²) in [7, 11) is 0. The molecule has 0 fully saturated rings. The first kappa shape index (κ1) is 13.6. The van der Waals surface area contributed by atoms with E-state index in [-0.39, 0.29) is 12.0 Å². The summed E-state index contributed by atoms with van der Waals surface area (Å²) in [5, 5.41) is 12.1. The van der Waals surface area contributed by atoms with Gasteiger partial charge in [-0.1, -0.05) is 13.8 Å². The number of anilines is 1. The SMILES string of the molecule is CC(C)(CCCO)CNc1ncncc1I. The van der Waals surface area contributed by atoms with Gasteiger partial charge in [0.2, 0.25) is 0 Å². The number of nitrogens with zero attached hydrogens (tertiary/aromatic N) is 2. The third-order valence-electron chi connectivity index (χ3n) is 2.41. The highest BCUT2D eigenvalue weighted by atomic mass is 127. The molecule has 1 aromatic heterocycles. The zero-order valence-corrected chi connectivity index (χ0v) is 11.9. The van der Waals surface area contributed by atoms with Crippen LogP contribution in [0, 0.1) is 8.99 Å². The van der Waals surface area contributed by atoms with Crippen LogP contribution in [0.1, 0.15) is 26.7 Å². The zero-order chi connectivity index (χ0) is 12.0. The molecule has 0 aromatic carbocycles. The van der Waals surface area contributed by atoms with Gasteiger partial charge in [0.05, 0.1) is 3.57 Å². The molecule has 0 atom stereocenters. The van der Waals surface area contributed by atoms with Crippen molar-refractivity contribution < 1.29 is 5.11 Å². The third kappa shape index (κ3) is 4.61. The van der Waals surface area contributed by atoms with Gasteiger partial charge in [-0.2, -0.15) is 0 Å². The van der Waals surface area contributed by atoms with Crippen LogP contribution >= 0.6 is 22.6 Å². The van der Waals surface area contributed by atoms with Gasteiger partial charge in [0.25, 0.3) is 0 Å².